The van der Waals surface area contributed by atoms with Crippen molar-refractivity contribution in [3.05, 3.63) is 75.8 Å². The van der Waals surface area contributed by atoms with Crippen molar-refractivity contribution in [3.63, 3.8) is 0 Å². The largest absolute Gasteiger partial charge is 0.325 e. The van der Waals surface area contributed by atoms with Crippen molar-refractivity contribution in [3.8, 4) is 11.4 Å². The van der Waals surface area contributed by atoms with Crippen LogP contribution in [0.3, 0.4) is 0 Å². The number of carbonyl (C=O) groups excluding carboxylic acids is 1. The summed E-state index contributed by atoms with van der Waals surface area (Å²) in [6, 6.07) is 13.4. The summed E-state index contributed by atoms with van der Waals surface area (Å²) < 4.78 is 2.74. The number of amides is 1. The van der Waals surface area contributed by atoms with E-state index in [1.165, 1.54) is 23.9 Å². The molecule has 148 valence electrons. The van der Waals surface area contributed by atoms with Gasteiger partial charge in [0.2, 0.25) is 5.91 Å². The molecule has 0 fully saturated rings. The van der Waals surface area contributed by atoms with Crippen LogP contribution in [0.5, 0.6) is 0 Å². The number of anilines is 1. The number of nitro benzene ring substituents is 1. The highest BCUT2D eigenvalue weighted by molar-refractivity contribution is 9.10. The Morgan fingerprint density at radius 1 is 1.21 bits per heavy atom. The molecule has 3 aromatic rings. The summed E-state index contributed by atoms with van der Waals surface area (Å²) in [5.41, 5.74) is 1.40. The Bertz CT molecular complexity index is 1040. The van der Waals surface area contributed by atoms with Crippen molar-refractivity contribution in [1.29, 1.82) is 0 Å². The number of nitrogens with zero attached hydrogens (tertiary/aromatic N) is 4. The van der Waals surface area contributed by atoms with E-state index in [4.69, 9.17) is 0 Å². The molecule has 0 aliphatic carbocycles. The maximum absolute atomic E-state index is 12.2. The second-order valence-electron chi connectivity index (χ2n) is 5.85. The number of nitro groups is 1. The minimum Gasteiger partial charge on any atom is -0.325 e. The monoisotopic (exact) mass is 473 g/mol. The number of carbonyl (C=O) groups is 1. The normalized spacial score (nSPS) is 10.5. The highest BCUT2D eigenvalue weighted by atomic mass is 79.9. The molecule has 1 heterocycles. The lowest BCUT2D eigenvalue weighted by Crippen LogP contribution is -2.14. The molecule has 2 aromatic carbocycles. The Morgan fingerprint density at radius 2 is 1.90 bits per heavy atom. The van der Waals surface area contributed by atoms with Crippen LogP contribution in [-0.2, 0) is 11.3 Å². The van der Waals surface area contributed by atoms with Crippen molar-refractivity contribution in [1.82, 2.24) is 14.8 Å². The molecule has 8 nitrogen and oxygen atoms in total. The molecule has 0 aliphatic rings. The summed E-state index contributed by atoms with van der Waals surface area (Å²) in [4.78, 5) is 22.6. The average Bonchev–Trinajstić information content (AvgIpc) is 3.11. The fourth-order valence-corrected chi connectivity index (χ4v) is 3.51. The summed E-state index contributed by atoms with van der Waals surface area (Å²) in [5.74, 6) is 0.545. The van der Waals surface area contributed by atoms with E-state index in [0.29, 0.717) is 28.8 Å². The molecule has 0 unspecified atom stereocenters. The Balaban J connectivity index is 1.72. The number of benzene rings is 2. The van der Waals surface area contributed by atoms with Crippen LogP contribution >= 0.6 is 27.7 Å². The quantitative estimate of drug-likeness (QED) is 0.223. The molecule has 1 N–H and O–H groups in total. The molecule has 0 saturated heterocycles. The van der Waals surface area contributed by atoms with E-state index >= 15 is 0 Å². The third-order valence-electron chi connectivity index (χ3n) is 3.83. The van der Waals surface area contributed by atoms with Crippen LogP contribution in [-0.4, -0.2) is 31.3 Å². The van der Waals surface area contributed by atoms with Crippen LogP contribution < -0.4 is 5.32 Å². The van der Waals surface area contributed by atoms with Gasteiger partial charge in [0, 0.05) is 34.4 Å². The predicted octanol–water partition coefficient (Wildman–Crippen LogP) is 4.53. The maximum Gasteiger partial charge on any atom is 0.269 e. The molecule has 1 amide bonds. The summed E-state index contributed by atoms with van der Waals surface area (Å²) in [6.45, 7) is 4.19. The molecule has 29 heavy (non-hydrogen) atoms. The van der Waals surface area contributed by atoms with Gasteiger partial charge < -0.3 is 5.32 Å². The van der Waals surface area contributed by atoms with E-state index in [1.54, 1.807) is 30.3 Å². The zero-order valence-corrected chi connectivity index (χ0v) is 17.5. The van der Waals surface area contributed by atoms with Gasteiger partial charge in [0.1, 0.15) is 0 Å². The van der Waals surface area contributed by atoms with Crippen LogP contribution in [0.15, 0.2) is 70.8 Å². The lowest BCUT2D eigenvalue weighted by molar-refractivity contribution is -0.384. The highest BCUT2D eigenvalue weighted by Crippen LogP contribution is 2.26. The number of thioether (sulfide) groups is 1. The van der Waals surface area contributed by atoms with Crippen LogP contribution in [0.25, 0.3) is 11.4 Å². The number of hydrogen-bond donors (Lipinski definition) is 1. The highest BCUT2D eigenvalue weighted by Gasteiger charge is 2.16. The van der Waals surface area contributed by atoms with Gasteiger partial charge in [0.25, 0.3) is 5.69 Å². The summed E-state index contributed by atoms with van der Waals surface area (Å²) in [7, 11) is 0. The first-order valence-electron chi connectivity index (χ1n) is 8.45. The molecule has 0 bridgehead atoms. The van der Waals surface area contributed by atoms with Gasteiger partial charge in [-0.3, -0.25) is 19.5 Å². The Morgan fingerprint density at radius 3 is 2.52 bits per heavy atom. The van der Waals surface area contributed by atoms with Crippen molar-refractivity contribution >= 4 is 45.0 Å². The number of rotatable bonds is 8. The minimum absolute atomic E-state index is 0.00254. The topological polar surface area (TPSA) is 103 Å². The third kappa shape index (κ3) is 5.30. The van der Waals surface area contributed by atoms with Gasteiger partial charge in [-0.2, -0.15) is 0 Å². The van der Waals surface area contributed by atoms with Crippen molar-refractivity contribution in [2.24, 2.45) is 0 Å². The fraction of sp³-hybridized carbons (Fsp3) is 0.105. The number of nitrogens with one attached hydrogen (secondary N) is 1. The van der Waals surface area contributed by atoms with E-state index < -0.39 is 4.92 Å². The van der Waals surface area contributed by atoms with Gasteiger partial charge in [-0.25, -0.2) is 0 Å². The molecule has 0 saturated carbocycles. The zero-order chi connectivity index (χ0) is 20.8. The molecule has 0 atom stereocenters. The van der Waals surface area contributed by atoms with E-state index in [0.717, 1.165) is 4.47 Å². The van der Waals surface area contributed by atoms with Gasteiger partial charge in [0.05, 0.1) is 10.7 Å². The van der Waals surface area contributed by atoms with Gasteiger partial charge in [-0.15, -0.1) is 16.8 Å². The third-order valence-corrected chi connectivity index (χ3v) is 5.32. The van der Waals surface area contributed by atoms with Gasteiger partial charge in [-0.1, -0.05) is 33.8 Å². The SMILES string of the molecule is C=CCn1c(SCC(=O)Nc2ccc(Br)cc2)nnc1-c1ccc([N+](=O)[O-])cc1. The summed E-state index contributed by atoms with van der Waals surface area (Å²) in [6.07, 6.45) is 1.70. The molecule has 1 aromatic heterocycles. The Kier molecular flexibility index (Phi) is 6.78. The number of allylic oxidation sites excluding steroid dienone is 1. The van der Waals surface area contributed by atoms with Gasteiger partial charge in [0.15, 0.2) is 11.0 Å². The standard InChI is InChI=1S/C19H16BrN5O3S/c1-2-11-24-18(13-3-9-16(10-4-13)25(27)28)22-23-19(24)29-12-17(26)21-15-7-5-14(20)6-8-15/h2-10H,1,11-12H2,(H,21,26). The van der Waals surface area contributed by atoms with Crippen LogP contribution in [0, 0.1) is 10.1 Å². The maximum atomic E-state index is 12.2. The molecule has 0 radical (unpaired) electrons. The van der Waals surface area contributed by atoms with E-state index in [1.807, 2.05) is 16.7 Å². The fourth-order valence-electron chi connectivity index (χ4n) is 2.50. The van der Waals surface area contributed by atoms with Crippen molar-refractivity contribution < 1.29 is 9.72 Å². The second kappa shape index (κ2) is 9.48. The minimum atomic E-state index is -0.455. The first-order valence-corrected chi connectivity index (χ1v) is 10.2. The zero-order valence-electron chi connectivity index (χ0n) is 15.1. The molecular formula is C19H16BrN5O3S. The number of aromatic nitrogens is 3. The lowest BCUT2D eigenvalue weighted by Gasteiger charge is -2.08. The van der Waals surface area contributed by atoms with E-state index in [2.05, 4.69) is 38.0 Å². The molecule has 0 spiro atoms. The molecule has 10 heteroatoms. The van der Waals surface area contributed by atoms with E-state index in [9.17, 15) is 14.9 Å². The summed E-state index contributed by atoms with van der Waals surface area (Å²) in [5, 5.41) is 22.6. The van der Waals surface area contributed by atoms with Crippen LogP contribution in [0.2, 0.25) is 0 Å². The van der Waals surface area contributed by atoms with Gasteiger partial charge >= 0.3 is 0 Å². The first kappa shape index (κ1) is 20.7. The second-order valence-corrected chi connectivity index (χ2v) is 7.71. The molecule has 0 aliphatic heterocycles. The van der Waals surface area contributed by atoms with Crippen LogP contribution in [0.4, 0.5) is 11.4 Å². The predicted molar refractivity (Wildman–Crippen MR) is 116 cm³/mol. The molecule has 3 rings (SSSR count). The smallest absolute Gasteiger partial charge is 0.269 e. The number of non-ortho nitro benzene ring substituents is 1. The van der Waals surface area contributed by atoms with Gasteiger partial charge in [-0.05, 0) is 36.4 Å². The average molecular weight is 474 g/mol. The van der Waals surface area contributed by atoms with Crippen LogP contribution in [0.1, 0.15) is 0 Å². The lowest BCUT2D eigenvalue weighted by atomic mass is 10.2. The Labute approximate surface area is 179 Å². The number of hydrogen-bond acceptors (Lipinski definition) is 6. The van der Waals surface area contributed by atoms with Crippen molar-refractivity contribution in [2.45, 2.75) is 11.7 Å². The Hall–Kier alpha value is -2.98. The first-order chi connectivity index (χ1) is 14.0. The van der Waals surface area contributed by atoms with E-state index in [-0.39, 0.29) is 17.3 Å². The van der Waals surface area contributed by atoms with Crippen molar-refractivity contribution in [2.75, 3.05) is 11.1 Å². The molecular weight excluding hydrogens is 458 g/mol. The number of halogens is 1. The summed E-state index contributed by atoms with van der Waals surface area (Å²) >= 11 is 4.61.